The quantitative estimate of drug-likeness (QED) is 0.0390. The summed E-state index contributed by atoms with van der Waals surface area (Å²) in [5.41, 5.74) is 5.04. The van der Waals surface area contributed by atoms with E-state index in [2.05, 4.69) is 26.0 Å². The maximum absolute atomic E-state index is 14.7. The van der Waals surface area contributed by atoms with Crippen LogP contribution in [0.3, 0.4) is 0 Å². The van der Waals surface area contributed by atoms with E-state index in [1.165, 1.54) is 54.1 Å². The Hall–Kier alpha value is -6.80. The van der Waals surface area contributed by atoms with Gasteiger partial charge in [-0.25, -0.2) is 22.7 Å². The van der Waals surface area contributed by atoms with Crippen molar-refractivity contribution in [3.8, 4) is 0 Å². The van der Waals surface area contributed by atoms with Crippen LogP contribution >= 0.6 is 0 Å². The molecular weight excluding hydrogens is 1030 g/mol. The van der Waals surface area contributed by atoms with E-state index in [4.69, 9.17) is 15.2 Å². The minimum Gasteiger partial charge on any atom is -0.444 e. The summed E-state index contributed by atoms with van der Waals surface area (Å²) in [5, 5.41) is 11.2. The number of rotatable bonds is 24. The number of carbonyl (C=O) groups is 7. The molecule has 436 valence electrons. The van der Waals surface area contributed by atoms with Gasteiger partial charge in [0.1, 0.15) is 29.3 Å². The number of nitrogens with zero attached hydrogens (tertiary/aromatic N) is 2. The number of hydrogen-bond acceptors (Lipinski definition) is 12. The molecule has 0 fully saturated rings. The maximum Gasteiger partial charge on any atom is 0.410 e. The highest BCUT2D eigenvalue weighted by atomic mass is 32.2. The number of amides is 7. The first-order valence-corrected chi connectivity index (χ1v) is 28.2. The minimum absolute atomic E-state index is 0.00299. The second-order valence-electron chi connectivity index (χ2n) is 24.0. The average Bonchev–Trinajstić information content (AvgIpc) is 3.34. The van der Waals surface area contributed by atoms with E-state index in [-0.39, 0.29) is 42.3 Å². The predicted octanol–water partition coefficient (Wildman–Crippen LogP) is 7.03. The third kappa shape index (κ3) is 21.1. The van der Waals surface area contributed by atoms with Gasteiger partial charge in [0.15, 0.2) is 0 Å². The van der Waals surface area contributed by atoms with E-state index in [0.29, 0.717) is 18.4 Å². The fourth-order valence-electron chi connectivity index (χ4n) is 8.60. The van der Waals surface area contributed by atoms with Crippen LogP contribution in [0.5, 0.6) is 0 Å². The van der Waals surface area contributed by atoms with Gasteiger partial charge in [-0.05, 0) is 114 Å². The van der Waals surface area contributed by atoms with Crippen LogP contribution < -0.4 is 31.7 Å². The smallest absolute Gasteiger partial charge is 0.410 e. The normalized spacial score (nSPS) is 14.3. The Morgan fingerprint density at radius 2 is 1.23 bits per heavy atom. The van der Waals surface area contributed by atoms with Crippen molar-refractivity contribution in [1.82, 2.24) is 35.8 Å². The molecule has 19 nitrogen and oxygen atoms in total. The Balaban J connectivity index is 1.77. The van der Waals surface area contributed by atoms with Crippen LogP contribution in [0.1, 0.15) is 133 Å². The second kappa shape index (κ2) is 28.4. The number of unbranched alkanes of at least 4 members (excludes halogenated alkanes) is 1. The van der Waals surface area contributed by atoms with Crippen molar-refractivity contribution in [2.24, 2.45) is 17.1 Å². The number of nitrogens with one attached hydrogen (secondary N) is 5. The van der Waals surface area contributed by atoms with Gasteiger partial charge in [0, 0.05) is 38.2 Å². The molecule has 0 radical (unpaired) electrons. The van der Waals surface area contributed by atoms with Crippen LogP contribution in [0.4, 0.5) is 9.59 Å². The number of nitrogens with two attached hydrogens (primary N) is 1. The third-order valence-electron chi connectivity index (χ3n) is 13.0. The molecule has 0 saturated carbocycles. The lowest BCUT2D eigenvalue weighted by Crippen LogP contribution is -2.63. The summed E-state index contributed by atoms with van der Waals surface area (Å²) in [6.45, 7) is 24.9. The zero-order valence-electron chi connectivity index (χ0n) is 49.2. The van der Waals surface area contributed by atoms with Crippen molar-refractivity contribution in [2.45, 2.75) is 181 Å². The number of ether oxygens (including phenoxy) is 2. The molecule has 3 rings (SSSR count). The molecule has 0 saturated heterocycles. The van der Waals surface area contributed by atoms with E-state index >= 15 is 0 Å². The Morgan fingerprint density at radius 3 is 1.76 bits per heavy atom. The summed E-state index contributed by atoms with van der Waals surface area (Å²) in [6.07, 6.45) is 1.62. The number of likely N-dealkylation sites (N-methyl/N-ethyl adjacent to an activating group) is 2. The topological polar surface area (TPSA) is 265 Å². The van der Waals surface area contributed by atoms with Crippen LogP contribution in [-0.4, -0.2) is 122 Å². The Kier molecular flexibility index (Phi) is 23.9. The Bertz CT molecular complexity index is 2690. The highest BCUT2D eigenvalue weighted by molar-refractivity contribution is 7.90. The molecule has 79 heavy (non-hydrogen) atoms. The lowest BCUT2D eigenvalue weighted by Gasteiger charge is -2.42. The van der Waals surface area contributed by atoms with Crippen molar-refractivity contribution in [3.63, 3.8) is 0 Å². The van der Waals surface area contributed by atoms with Crippen LogP contribution in [0.15, 0.2) is 101 Å². The Labute approximate surface area is 469 Å². The van der Waals surface area contributed by atoms with Gasteiger partial charge in [-0.1, -0.05) is 127 Å². The molecule has 7 amide bonds. The lowest BCUT2D eigenvalue weighted by atomic mass is 9.76. The number of benzene rings is 3. The van der Waals surface area contributed by atoms with Crippen molar-refractivity contribution in [3.05, 3.63) is 113 Å². The largest absolute Gasteiger partial charge is 0.444 e. The molecule has 0 aromatic heterocycles. The van der Waals surface area contributed by atoms with Gasteiger partial charge < -0.3 is 41.4 Å². The van der Waals surface area contributed by atoms with Crippen LogP contribution in [0.25, 0.3) is 0 Å². The summed E-state index contributed by atoms with van der Waals surface area (Å²) >= 11 is 0. The van der Waals surface area contributed by atoms with E-state index in [9.17, 15) is 42.0 Å². The van der Waals surface area contributed by atoms with Crippen molar-refractivity contribution in [2.75, 3.05) is 20.6 Å². The van der Waals surface area contributed by atoms with Crippen molar-refractivity contribution >= 4 is 51.7 Å². The van der Waals surface area contributed by atoms with E-state index in [1.807, 2.05) is 88.4 Å². The molecule has 0 aliphatic heterocycles. The van der Waals surface area contributed by atoms with Gasteiger partial charge in [-0.15, -0.1) is 0 Å². The van der Waals surface area contributed by atoms with Gasteiger partial charge in [0.25, 0.3) is 15.9 Å². The standard InChI is InChI=1S/C59H88N8O11S/c1-38(2)46(66(15)53(72)47(56(4,5)6)64-52(71)48(67(16)55(74)78-58(10,11)12)59(13,14)42-27-21-18-22-28-42)35-39(3)49(68)65-79(75,76)43-32-30-41(31-33-43)37-62-51(70)45(29-23-24-34-61-54(73)77-57(7,8)9)63-50(69)44(60)36-40-25-19-17-20-26-40/h17-22,25-28,30-33,35,38,44-48H,23-24,29,34,36-37,60H2,1-16H3,(H,61,73)(H,62,70)(H,63,69)(H,64,71)(H,65,68)/b39-35+/t44-,45-,46+,47+,48+/m0/s1. The van der Waals surface area contributed by atoms with Gasteiger partial charge in [-0.3, -0.25) is 28.9 Å². The van der Waals surface area contributed by atoms with Crippen molar-refractivity contribution < 1.29 is 51.5 Å². The molecule has 5 atom stereocenters. The van der Waals surface area contributed by atoms with E-state index < -0.39 is 104 Å². The zero-order chi connectivity index (χ0) is 59.8. The molecule has 0 aliphatic rings. The van der Waals surface area contributed by atoms with Crippen LogP contribution in [0.2, 0.25) is 0 Å². The molecule has 3 aromatic rings. The number of carbonyl (C=O) groups excluding carboxylic acids is 7. The molecule has 0 unspecified atom stereocenters. The third-order valence-corrected chi connectivity index (χ3v) is 14.3. The molecule has 7 N–H and O–H groups in total. The van der Waals surface area contributed by atoms with Gasteiger partial charge in [-0.2, -0.15) is 0 Å². The van der Waals surface area contributed by atoms with E-state index in [1.54, 1.807) is 69.4 Å². The average molecular weight is 1120 g/mol. The van der Waals surface area contributed by atoms with Gasteiger partial charge in [0.05, 0.1) is 17.0 Å². The van der Waals surface area contributed by atoms with Gasteiger partial charge in [0.2, 0.25) is 23.6 Å². The molecule has 0 aliphatic carbocycles. The molecule has 20 heteroatoms. The fourth-order valence-corrected chi connectivity index (χ4v) is 9.62. The number of alkyl carbamates (subject to hydrolysis) is 1. The number of hydrogen-bond donors (Lipinski definition) is 6. The van der Waals surface area contributed by atoms with Crippen LogP contribution in [0, 0.1) is 11.3 Å². The zero-order valence-corrected chi connectivity index (χ0v) is 50.1. The van der Waals surface area contributed by atoms with Gasteiger partial charge >= 0.3 is 12.2 Å². The Morgan fingerprint density at radius 1 is 0.671 bits per heavy atom. The predicted molar refractivity (Wildman–Crippen MR) is 306 cm³/mol. The monoisotopic (exact) mass is 1120 g/mol. The summed E-state index contributed by atoms with van der Waals surface area (Å²) in [4.78, 5) is 98.0. The van der Waals surface area contributed by atoms with E-state index in [0.717, 1.165) is 11.1 Å². The first kappa shape index (κ1) is 66.5. The SMILES string of the molecule is C/C(=C\[C@H](C(C)C)N(C)C(=O)[C@@H](NC(=O)[C@@H](N(C)C(=O)OC(C)(C)C)C(C)(C)c1ccccc1)C(C)(C)C)C(=O)NS(=O)(=O)c1ccc(CNC(=O)[C@H](CCCCNC(=O)OC(C)(C)C)NC(=O)[C@@H](N)Cc2ccccc2)cc1. The highest BCUT2D eigenvalue weighted by Gasteiger charge is 2.46. The van der Waals surface area contributed by atoms with Crippen molar-refractivity contribution in [1.29, 1.82) is 0 Å². The summed E-state index contributed by atoms with van der Waals surface area (Å²) in [6, 6.07) is 19.1. The first-order chi connectivity index (χ1) is 36.4. The molecule has 0 bridgehead atoms. The van der Waals surface area contributed by atoms with Crippen LogP contribution in [-0.2, 0) is 61.9 Å². The minimum atomic E-state index is -4.43. The summed E-state index contributed by atoms with van der Waals surface area (Å²) in [7, 11) is -1.39. The second-order valence-corrected chi connectivity index (χ2v) is 25.7. The molecule has 0 spiro atoms. The molecule has 0 heterocycles. The highest BCUT2D eigenvalue weighted by Crippen LogP contribution is 2.33. The lowest BCUT2D eigenvalue weighted by molar-refractivity contribution is -0.141. The summed E-state index contributed by atoms with van der Waals surface area (Å²) in [5.74, 6) is -3.33. The first-order valence-electron chi connectivity index (χ1n) is 26.7. The molecular formula is C59H88N8O11S. The maximum atomic E-state index is 14.7. The summed E-state index contributed by atoms with van der Waals surface area (Å²) < 4.78 is 40.3. The fraction of sp³-hybridized carbons (Fsp3) is 0.542. The molecule has 3 aromatic carbocycles. The number of sulfonamides is 1.